The second-order valence-corrected chi connectivity index (χ2v) is 7.80. The molecule has 1 aliphatic heterocycles. The van der Waals surface area contributed by atoms with Crippen molar-refractivity contribution >= 4 is 11.8 Å². The zero-order valence-corrected chi connectivity index (χ0v) is 17.2. The van der Waals surface area contributed by atoms with Gasteiger partial charge in [-0.3, -0.25) is 9.59 Å². The summed E-state index contributed by atoms with van der Waals surface area (Å²) in [7, 11) is 0. The van der Waals surface area contributed by atoms with E-state index in [-0.39, 0.29) is 29.3 Å². The van der Waals surface area contributed by atoms with Crippen LogP contribution in [0.5, 0.6) is 5.75 Å². The van der Waals surface area contributed by atoms with Gasteiger partial charge in [0.25, 0.3) is 11.8 Å². The van der Waals surface area contributed by atoms with Crippen molar-refractivity contribution < 1.29 is 23.1 Å². The van der Waals surface area contributed by atoms with E-state index in [0.717, 1.165) is 25.0 Å². The highest BCUT2D eigenvalue weighted by molar-refractivity contribution is 5.97. The molecule has 5 nitrogen and oxygen atoms in total. The summed E-state index contributed by atoms with van der Waals surface area (Å²) in [4.78, 5) is 26.5. The molecule has 1 saturated heterocycles. The Morgan fingerprint density at radius 2 is 1.80 bits per heavy atom. The van der Waals surface area contributed by atoms with Gasteiger partial charge in [0.2, 0.25) is 0 Å². The minimum Gasteiger partial charge on any atom is -0.492 e. The molecule has 30 heavy (non-hydrogen) atoms. The number of nitrogens with one attached hydrogen (secondary N) is 1. The molecule has 0 aliphatic carbocycles. The maximum atomic E-state index is 13.4. The highest BCUT2D eigenvalue weighted by atomic mass is 19.2. The lowest BCUT2D eigenvalue weighted by molar-refractivity contribution is 0.0658. The molecule has 0 spiro atoms. The van der Waals surface area contributed by atoms with Gasteiger partial charge in [-0.1, -0.05) is 12.1 Å². The monoisotopic (exact) mass is 416 g/mol. The van der Waals surface area contributed by atoms with E-state index in [1.165, 1.54) is 6.07 Å². The number of amides is 2. The maximum Gasteiger partial charge on any atom is 0.255 e. The van der Waals surface area contributed by atoms with Gasteiger partial charge in [-0.2, -0.15) is 0 Å². The molecule has 0 bridgehead atoms. The van der Waals surface area contributed by atoms with Gasteiger partial charge in [0.1, 0.15) is 5.75 Å². The van der Waals surface area contributed by atoms with E-state index in [1.54, 1.807) is 23.1 Å². The van der Waals surface area contributed by atoms with Crippen molar-refractivity contribution in [3.8, 4) is 5.75 Å². The van der Waals surface area contributed by atoms with Crippen LogP contribution in [-0.2, 0) is 0 Å². The lowest BCUT2D eigenvalue weighted by atomic mass is 9.97. The number of likely N-dealkylation sites (tertiary alicyclic amines) is 1. The van der Waals surface area contributed by atoms with E-state index in [1.807, 2.05) is 19.9 Å². The van der Waals surface area contributed by atoms with Gasteiger partial charge in [-0.05, 0) is 62.9 Å². The van der Waals surface area contributed by atoms with E-state index in [9.17, 15) is 18.4 Å². The smallest absolute Gasteiger partial charge is 0.255 e. The van der Waals surface area contributed by atoms with Gasteiger partial charge in [-0.15, -0.1) is 0 Å². The van der Waals surface area contributed by atoms with Crippen molar-refractivity contribution in [2.75, 3.05) is 19.7 Å². The lowest BCUT2D eigenvalue weighted by Crippen LogP contribution is -2.39. The molecule has 3 rings (SSSR count). The summed E-state index contributed by atoms with van der Waals surface area (Å²) in [5.74, 6) is -1.69. The number of rotatable bonds is 6. The van der Waals surface area contributed by atoms with Crippen molar-refractivity contribution in [3.05, 3.63) is 65.2 Å². The quantitative estimate of drug-likeness (QED) is 0.773. The van der Waals surface area contributed by atoms with Crippen molar-refractivity contribution in [2.24, 2.45) is 5.92 Å². The van der Waals surface area contributed by atoms with E-state index >= 15 is 0 Å². The highest BCUT2D eigenvalue weighted by Crippen LogP contribution is 2.23. The zero-order chi connectivity index (χ0) is 21.7. The summed E-state index contributed by atoms with van der Waals surface area (Å²) in [6.45, 7) is 5.27. The number of nitrogens with zero attached hydrogens (tertiary/aromatic N) is 1. The molecule has 0 unspecified atom stereocenters. The van der Waals surface area contributed by atoms with Crippen LogP contribution in [0.3, 0.4) is 0 Å². The topological polar surface area (TPSA) is 58.6 Å². The van der Waals surface area contributed by atoms with Gasteiger partial charge >= 0.3 is 0 Å². The number of piperidine rings is 1. The Balaban J connectivity index is 1.54. The molecule has 0 radical (unpaired) electrons. The molecule has 7 heteroatoms. The molecule has 160 valence electrons. The molecule has 0 atom stereocenters. The number of hydrogen-bond donors (Lipinski definition) is 1. The van der Waals surface area contributed by atoms with Crippen molar-refractivity contribution in [1.29, 1.82) is 0 Å². The Kier molecular flexibility index (Phi) is 7.03. The fraction of sp³-hybridized carbons (Fsp3) is 0.391. The molecule has 2 aromatic rings. The summed E-state index contributed by atoms with van der Waals surface area (Å²) < 4.78 is 32.4. The van der Waals surface area contributed by atoms with Gasteiger partial charge in [0.15, 0.2) is 11.6 Å². The second kappa shape index (κ2) is 9.69. The molecular weight excluding hydrogens is 390 g/mol. The Bertz CT molecular complexity index is 909. The van der Waals surface area contributed by atoms with Crippen LogP contribution in [0.1, 0.15) is 47.4 Å². The van der Waals surface area contributed by atoms with E-state index in [0.29, 0.717) is 31.0 Å². The van der Waals surface area contributed by atoms with Crippen LogP contribution in [0.15, 0.2) is 42.5 Å². The standard InChI is InChI=1S/C23H26F2N2O3/c1-15(2)26-22(28)18-5-3-4-6-21(18)30-14-16-9-11-27(12-10-16)23(29)17-7-8-19(24)20(25)13-17/h3-8,13,15-16H,9-12,14H2,1-2H3,(H,26,28). The predicted octanol–water partition coefficient (Wildman–Crippen LogP) is 4.03. The molecule has 1 heterocycles. The normalized spacial score (nSPS) is 14.6. The SMILES string of the molecule is CC(C)NC(=O)c1ccccc1OCC1CCN(C(=O)c2ccc(F)c(F)c2)CC1. The summed E-state index contributed by atoms with van der Waals surface area (Å²) in [5.41, 5.74) is 0.644. The molecule has 1 N–H and O–H groups in total. The van der Waals surface area contributed by atoms with Crippen LogP contribution in [0.25, 0.3) is 0 Å². The lowest BCUT2D eigenvalue weighted by Gasteiger charge is -2.32. The minimum absolute atomic E-state index is 0.0296. The zero-order valence-electron chi connectivity index (χ0n) is 17.2. The minimum atomic E-state index is -1.02. The molecule has 1 fully saturated rings. The highest BCUT2D eigenvalue weighted by Gasteiger charge is 2.25. The first kappa shape index (κ1) is 21.7. The van der Waals surface area contributed by atoms with Crippen LogP contribution < -0.4 is 10.1 Å². The van der Waals surface area contributed by atoms with Crippen LogP contribution in [-0.4, -0.2) is 42.5 Å². The predicted molar refractivity (Wildman–Crippen MR) is 110 cm³/mol. The summed E-state index contributed by atoms with van der Waals surface area (Å²) in [6, 6.07) is 10.4. The van der Waals surface area contributed by atoms with Crippen LogP contribution in [0.2, 0.25) is 0 Å². The van der Waals surface area contributed by atoms with E-state index in [2.05, 4.69) is 5.32 Å². The van der Waals surface area contributed by atoms with Crippen molar-refractivity contribution in [3.63, 3.8) is 0 Å². The third kappa shape index (κ3) is 5.34. The first-order chi connectivity index (χ1) is 14.3. The van der Waals surface area contributed by atoms with Crippen molar-refractivity contribution in [1.82, 2.24) is 10.2 Å². The van der Waals surface area contributed by atoms with Gasteiger partial charge in [0, 0.05) is 24.7 Å². The molecule has 2 aromatic carbocycles. The number of para-hydroxylation sites is 1. The Morgan fingerprint density at radius 3 is 2.47 bits per heavy atom. The fourth-order valence-corrected chi connectivity index (χ4v) is 3.44. The van der Waals surface area contributed by atoms with E-state index in [4.69, 9.17) is 4.74 Å². The average Bonchev–Trinajstić information content (AvgIpc) is 2.74. The average molecular weight is 416 g/mol. The molecule has 0 saturated carbocycles. The Morgan fingerprint density at radius 1 is 1.10 bits per heavy atom. The Hall–Kier alpha value is -2.96. The number of ether oxygens (including phenoxy) is 1. The third-order valence-electron chi connectivity index (χ3n) is 5.09. The van der Waals surface area contributed by atoms with Crippen LogP contribution in [0, 0.1) is 17.6 Å². The third-order valence-corrected chi connectivity index (χ3v) is 5.09. The molecule has 0 aromatic heterocycles. The summed E-state index contributed by atoms with van der Waals surface area (Å²) in [5, 5.41) is 2.87. The molecule has 2 amide bonds. The van der Waals surface area contributed by atoms with Gasteiger partial charge in [0.05, 0.1) is 12.2 Å². The number of carbonyl (C=O) groups is 2. The molecular formula is C23H26F2N2O3. The first-order valence-corrected chi connectivity index (χ1v) is 10.1. The second-order valence-electron chi connectivity index (χ2n) is 7.80. The van der Waals surface area contributed by atoms with Crippen LogP contribution >= 0.6 is 0 Å². The number of carbonyl (C=O) groups excluding carboxylic acids is 2. The van der Waals surface area contributed by atoms with Gasteiger partial charge in [-0.25, -0.2) is 8.78 Å². The maximum absolute atomic E-state index is 13.4. The molecule has 1 aliphatic rings. The number of halogens is 2. The van der Waals surface area contributed by atoms with Crippen molar-refractivity contribution in [2.45, 2.75) is 32.7 Å². The first-order valence-electron chi connectivity index (χ1n) is 10.1. The fourth-order valence-electron chi connectivity index (χ4n) is 3.44. The number of hydrogen-bond acceptors (Lipinski definition) is 3. The van der Waals surface area contributed by atoms with E-state index < -0.39 is 11.6 Å². The summed E-state index contributed by atoms with van der Waals surface area (Å²) in [6.07, 6.45) is 1.46. The van der Waals surface area contributed by atoms with Crippen LogP contribution in [0.4, 0.5) is 8.78 Å². The van der Waals surface area contributed by atoms with Gasteiger partial charge < -0.3 is 15.0 Å². The Labute approximate surface area is 175 Å². The number of benzene rings is 2. The largest absolute Gasteiger partial charge is 0.492 e. The summed E-state index contributed by atoms with van der Waals surface area (Å²) >= 11 is 0.